The largest absolute Gasteiger partial charge is 0.496 e. The number of halogens is 1. The Kier molecular flexibility index (Phi) is 7.53. The molecular weight excluding hydrogens is 520 g/mol. The first-order valence-corrected chi connectivity index (χ1v) is 13.8. The zero-order valence-corrected chi connectivity index (χ0v) is 22.6. The number of nitrogens with zero attached hydrogens (tertiary/aromatic N) is 1. The summed E-state index contributed by atoms with van der Waals surface area (Å²) < 4.78 is 6.36. The number of rotatable bonds is 7. The van der Waals surface area contributed by atoms with Gasteiger partial charge in [-0.15, -0.1) is 0 Å². The van der Waals surface area contributed by atoms with Crippen LogP contribution in [0.3, 0.4) is 0 Å². The first-order valence-electron chi connectivity index (χ1n) is 13.0. The molecule has 3 aliphatic rings. The Morgan fingerprint density at radius 1 is 1.14 bits per heavy atom. The van der Waals surface area contributed by atoms with Crippen molar-refractivity contribution in [3.8, 4) is 5.75 Å². The van der Waals surface area contributed by atoms with Crippen LogP contribution in [0.15, 0.2) is 34.8 Å². The molecule has 1 aliphatic carbocycles. The molecule has 0 aromatic heterocycles. The molecule has 1 saturated heterocycles. The minimum absolute atomic E-state index is 0.0413. The number of ether oxygens (including phenoxy) is 1. The number of amides is 2. The van der Waals surface area contributed by atoms with E-state index in [0.717, 1.165) is 77.1 Å². The van der Waals surface area contributed by atoms with E-state index in [4.69, 9.17) is 4.74 Å². The predicted molar refractivity (Wildman–Crippen MR) is 146 cm³/mol. The minimum atomic E-state index is -0.0413. The first kappa shape index (κ1) is 25.1. The van der Waals surface area contributed by atoms with Crippen LogP contribution in [0.1, 0.15) is 60.0 Å². The molecule has 2 fully saturated rings. The lowest BCUT2D eigenvalue weighted by molar-refractivity contribution is -0.121. The normalized spacial score (nSPS) is 23.5. The third kappa shape index (κ3) is 5.25. The lowest BCUT2D eigenvalue weighted by atomic mass is 9.84. The van der Waals surface area contributed by atoms with E-state index in [9.17, 15) is 9.59 Å². The zero-order chi connectivity index (χ0) is 25.2. The van der Waals surface area contributed by atoms with Crippen LogP contribution in [0.25, 0.3) is 0 Å². The fourth-order valence-corrected chi connectivity index (χ4v) is 6.33. The van der Waals surface area contributed by atoms with Gasteiger partial charge in [-0.2, -0.15) is 0 Å². The molecule has 2 aliphatic heterocycles. The van der Waals surface area contributed by atoms with Crippen LogP contribution in [-0.2, 0) is 11.3 Å². The summed E-state index contributed by atoms with van der Waals surface area (Å²) in [5.74, 6) is 0.877. The van der Waals surface area contributed by atoms with Crippen molar-refractivity contribution in [2.75, 3.05) is 30.8 Å². The van der Waals surface area contributed by atoms with Gasteiger partial charge in [0.05, 0.1) is 7.11 Å². The van der Waals surface area contributed by atoms with E-state index in [1.807, 2.05) is 36.1 Å². The van der Waals surface area contributed by atoms with Crippen molar-refractivity contribution in [3.05, 3.63) is 51.5 Å². The van der Waals surface area contributed by atoms with Crippen molar-refractivity contribution >= 4 is 39.1 Å². The third-order valence-electron chi connectivity index (χ3n) is 7.91. The summed E-state index contributed by atoms with van der Waals surface area (Å²) in [5.41, 5.74) is 4.63. The van der Waals surface area contributed by atoms with Gasteiger partial charge in [-0.05, 0) is 81.3 Å². The molecule has 192 valence electrons. The molecule has 5 rings (SSSR count). The Morgan fingerprint density at radius 2 is 1.94 bits per heavy atom. The maximum atomic E-state index is 13.4. The summed E-state index contributed by atoms with van der Waals surface area (Å²) in [6.45, 7) is 4.56. The summed E-state index contributed by atoms with van der Waals surface area (Å²) in [6, 6.07) is 10.5. The van der Waals surface area contributed by atoms with Crippen LogP contribution in [0.2, 0.25) is 0 Å². The number of benzene rings is 2. The second-order valence-corrected chi connectivity index (χ2v) is 11.1. The predicted octanol–water partition coefficient (Wildman–Crippen LogP) is 5.08. The number of aryl methyl sites for hydroxylation is 1. The van der Waals surface area contributed by atoms with Crippen LogP contribution < -0.4 is 20.7 Å². The summed E-state index contributed by atoms with van der Waals surface area (Å²) in [6.07, 6.45) is 5.64. The van der Waals surface area contributed by atoms with Crippen molar-refractivity contribution in [1.82, 2.24) is 10.2 Å². The van der Waals surface area contributed by atoms with Gasteiger partial charge in [0.15, 0.2) is 0 Å². The minimum Gasteiger partial charge on any atom is -0.496 e. The standard InChI is InChI=1S/C28H35BrN4O3/c1-17-5-8-19(14-26(17)36-2)32-27(34)18-6-9-22(10-7-18)33-16-24-23(28(33)35)12-21(13-25(24)29)31-15-20-4-3-11-30-20/h5,8,12-14,18,20,22,30-31H,3-4,6-7,9-11,15-16H2,1-2H3,(H,32,34). The number of carbonyl (C=O) groups excluding carboxylic acids is 2. The summed E-state index contributed by atoms with van der Waals surface area (Å²) in [7, 11) is 1.64. The number of hydrogen-bond acceptors (Lipinski definition) is 5. The molecule has 2 amide bonds. The second-order valence-electron chi connectivity index (χ2n) is 10.3. The molecule has 36 heavy (non-hydrogen) atoms. The SMILES string of the molecule is COc1cc(NC(=O)C2CCC(N3Cc4c(Br)cc(NCC5CCCN5)cc4C3=O)CC2)ccc1C. The Morgan fingerprint density at radius 3 is 2.67 bits per heavy atom. The van der Waals surface area contributed by atoms with Crippen molar-refractivity contribution in [2.24, 2.45) is 5.92 Å². The van der Waals surface area contributed by atoms with Gasteiger partial charge in [0, 0.05) is 58.6 Å². The van der Waals surface area contributed by atoms with Gasteiger partial charge >= 0.3 is 0 Å². The Balaban J connectivity index is 1.17. The quantitative estimate of drug-likeness (QED) is 0.444. The van der Waals surface area contributed by atoms with Crippen LogP contribution >= 0.6 is 15.9 Å². The summed E-state index contributed by atoms with van der Waals surface area (Å²) >= 11 is 3.71. The molecule has 1 unspecified atom stereocenters. The molecule has 0 radical (unpaired) electrons. The van der Waals surface area contributed by atoms with E-state index in [1.165, 1.54) is 12.8 Å². The average Bonchev–Trinajstić information content (AvgIpc) is 3.52. The third-order valence-corrected chi connectivity index (χ3v) is 8.62. The number of nitrogens with one attached hydrogen (secondary N) is 3. The van der Waals surface area contributed by atoms with Crippen molar-refractivity contribution in [3.63, 3.8) is 0 Å². The Bertz CT molecular complexity index is 1140. The van der Waals surface area contributed by atoms with Gasteiger partial charge in [0.25, 0.3) is 5.91 Å². The molecule has 2 aromatic carbocycles. The topological polar surface area (TPSA) is 82.7 Å². The van der Waals surface area contributed by atoms with E-state index in [-0.39, 0.29) is 23.8 Å². The maximum Gasteiger partial charge on any atom is 0.254 e. The highest BCUT2D eigenvalue weighted by atomic mass is 79.9. The van der Waals surface area contributed by atoms with Gasteiger partial charge in [0.2, 0.25) is 5.91 Å². The Hall–Kier alpha value is -2.58. The van der Waals surface area contributed by atoms with Gasteiger partial charge in [-0.3, -0.25) is 9.59 Å². The molecular formula is C28H35BrN4O3. The number of fused-ring (bicyclic) bond motifs is 1. The molecule has 0 spiro atoms. The fraction of sp³-hybridized carbons (Fsp3) is 0.500. The Labute approximate surface area is 221 Å². The monoisotopic (exact) mass is 554 g/mol. The molecule has 0 bridgehead atoms. The van der Waals surface area contributed by atoms with E-state index in [0.29, 0.717) is 12.6 Å². The van der Waals surface area contributed by atoms with Crippen molar-refractivity contribution < 1.29 is 14.3 Å². The van der Waals surface area contributed by atoms with Gasteiger partial charge in [-0.25, -0.2) is 0 Å². The van der Waals surface area contributed by atoms with Crippen molar-refractivity contribution in [2.45, 2.75) is 64.1 Å². The molecule has 1 atom stereocenters. The smallest absolute Gasteiger partial charge is 0.254 e. The van der Waals surface area contributed by atoms with Crippen LogP contribution in [0, 0.1) is 12.8 Å². The number of carbonyl (C=O) groups is 2. The maximum absolute atomic E-state index is 13.4. The van der Waals surface area contributed by atoms with Crippen LogP contribution in [0.5, 0.6) is 5.75 Å². The molecule has 8 heteroatoms. The number of hydrogen-bond donors (Lipinski definition) is 3. The molecule has 2 heterocycles. The number of methoxy groups -OCH3 is 1. The summed E-state index contributed by atoms with van der Waals surface area (Å²) in [5, 5.41) is 10.1. The molecule has 2 aromatic rings. The van der Waals surface area contributed by atoms with E-state index in [2.05, 4.69) is 37.9 Å². The first-order chi connectivity index (χ1) is 17.4. The number of anilines is 2. The van der Waals surface area contributed by atoms with Crippen LogP contribution in [0.4, 0.5) is 11.4 Å². The van der Waals surface area contributed by atoms with Gasteiger partial charge in [-0.1, -0.05) is 22.0 Å². The zero-order valence-electron chi connectivity index (χ0n) is 21.0. The fourth-order valence-electron chi connectivity index (χ4n) is 5.75. The lowest BCUT2D eigenvalue weighted by Crippen LogP contribution is -2.40. The highest BCUT2D eigenvalue weighted by Gasteiger charge is 2.37. The molecule has 1 saturated carbocycles. The highest BCUT2D eigenvalue weighted by molar-refractivity contribution is 9.10. The van der Waals surface area contributed by atoms with Crippen LogP contribution in [-0.4, -0.2) is 49.0 Å². The van der Waals surface area contributed by atoms with Crippen molar-refractivity contribution in [1.29, 1.82) is 0 Å². The average molecular weight is 556 g/mol. The molecule has 3 N–H and O–H groups in total. The molecule has 7 nitrogen and oxygen atoms in total. The lowest BCUT2D eigenvalue weighted by Gasteiger charge is -2.34. The van der Waals surface area contributed by atoms with E-state index in [1.54, 1.807) is 7.11 Å². The second kappa shape index (κ2) is 10.8. The van der Waals surface area contributed by atoms with E-state index < -0.39 is 0 Å². The van der Waals surface area contributed by atoms with Gasteiger partial charge < -0.3 is 25.6 Å². The highest BCUT2D eigenvalue weighted by Crippen LogP contribution is 2.38. The van der Waals surface area contributed by atoms with E-state index >= 15 is 0 Å². The summed E-state index contributed by atoms with van der Waals surface area (Å²) in [4.78, 5) is 28.3. The van der Waals surface area contributed by atoms with Gasteiger partial charge in [0.1, 0.15) is 5.75 Å².